The van der Waals surface area contributed by atoms with Gasteiger partial charge in [-0.1, -0.05) is 22.0 Å². The highest BCUT2D eigenvalue weighted by Crippen LogP contribution is 2.26. The van der Waals surface area contributed by atoms with E-state index in [0.717, 1.165) is 17.3 Å². The smallest absolute Gasteiger partial charge is 0.256 e. The Morgan fingerprint density at radius 3 is 2.44 bits per heavy atom. The number of hydrogen-bond donors (Lipinski definition) is 1. The van der Waals surface area contributed by atoms with Crippen LogP contribution in [0.15, 0.2) is 56.3 Å². The molecule has 1 amide bonds. The molecule has 1 N–H and O–H groups in total. The first-order valence-corrected chi connectivity index (χ1v) is 10.8. The number of anilines is 1. The first-order chi connectivity index (χ1) is 11.9. The predicted molar refractivity (Wildman–Crippen MR) is 104 cm³/mol. The number of carbonyl (C=O) groups excluding carboxylic acids is 1. The number of halogens is 2. The van der Waals surface area contributed by atoms with Gasteiger partial charge in [0, 0.05) is 27.7 Å². The Morgan fingerprint density at radius 1 is 1.04 bits per heavy atom. The number of rotatable bonds is 4. The molecule has 5 nitrogen and oxygen atoms in total. The van der Waals surface area contributed by atoms with E-state index >= 15 is 0 Å². The summed E-state index contributed by atoms with van der Waals surface area (Å²) in [4.78, 5) is 12.7. The van der Waals surface area contributed by atoms with Crippen molar-refractivity contribution in [3.05, 3.63) is 57.0 Å². The average Bonchev–Trinajstić information content (AvgIpc) is 3.10. The average molecular weight is 488 g/mol. The van der Waals surface area contributed by atoms with Crippen LogP contribution in [0.3, 0.4) is 0 Å². The Labute approximate surface area is 163 Å². The van der Waals surface area contributed by atoms with E-state index in [9.17, 15) is 13.2 Å². The maximum absolute atomic E-state index is 12.7. The Bertz CT molecular complexity index is 910. The monoisotopic (exact) mass is 486 g/mol. The van der Waals surface area contributed by atoms with E-state index in [1.54, 1.807) is 18.2 Å². The van der Waals surface area contributed by atoms with Crippen LogP contribution in [0.1, 0.15) is 23.2 Å². The number of nitrogens with zero attached hydrogens (tertiary/aromatic N) is 1. The Hall–Kier alpha value is -1.22. The molecule has 0 aliphatic carbocycles. The molecule has 2 aromatic carbocycles. The molecule has 0 aromatic heterocycles. The van der Waals surface area contributed by atoms with Crippen LogP contribution >= 0.6 is 31.9 Å². The van der Waals surface area contributed by atoms with Crippen molar-refractivity contribution in [2.75, 3.05) is 18.4 Å². The molecule has 2 aromatic rings. The van der Waals surface area contributed by atoms with Gasteiger partial charge in [0.05, 0.1) is 10.5 Å². The molecular formula is C17H16Br2N2O3S. The zero-order valence-corrected chi connectivity index (χ0v) is 17.2. The third-order valence-corrected chi connectivity index (χ3v) is 7.05. The third-order valence-electron chi connectivity index (χ3n) is 3.97. The minimum atomic E-state index is -3.57. The predicted octanol–water partition coefficient (Wildman–Crippen LogP) is 4.25. The van der Waals surface area contributed by atoms with Crippen molar-refractivity contribution in [1.29, 1.82) is 0 Å². The van der Waals surface area contributed by atoms with E-state index in [-0.39, 0.29) is 16.4 Å². The van der Waals surface area contributed by atoms with Gasteiger partial charge >= 0.3 is 0 Å². The molecular weight excluding hydrogens is 472 g/mol. The van der Waals surface area contributed by atoms with Gasteiger partial charge in [0.15, 0.2) is 0 Å². The molecule has 1 fully saturated rings. The highest BCUT2D eigenvalue weighted by molar-refractivity contribution is 9.10. The summed E-state index contributed by atoms with van der Waals surface area (Å²) in [6.45, 7) is 1.05. The van der Waals surface area contributed by atoms with Gasteiger partial charge in [-0.2, -0.15) is 4.31 Å². The number of sulfonamides is 1. The van der Waals surface area contributed by atoms with Gasteiger partial charge < -0.3 is 5.32 Å². The summed E-state index contributed by atoms with van der Waals surface area (Å²) in [7, 11) is -3.57. The summed E-state index contributed by atoms with van der Waals surface area (Å²) < 4.78 is 28.2. The maximum atomic E-state index is 12.7. The molecule has 0 bridgehead atoms. The minimum Gasteiger partial charge on any atom is -0.322 e. The molecule has 0 atom stereocenters. The van der Waals surface area contributed by atoms with Gasteiger partial charge in [-0.25, -0.2) is 8.42 Å². The first-order valence-electron chi connectivity index (χ1n) is 7.74. The van der Waals surface area contributed by atoms with Crippen LogP contribution < -0.4 is 5.32 Å². The van der Waals surface area contributed by atoms with Crippen LogP contribution in [0, 0.1) is 0 Å². The van der Waals surface area contributed by atoms with Gasteiger partial charge in [0.2, 0.25) is 10.0 Å². The fourth-order valence-corrected chi connectivity index (χ4v) is 5.05. The second-order valence-corrected chi connectivity index (χ2v) is 9.43. The van der Waals surface area contributed by atoms with E-state index < -0.39 is 10.0 Å². The number of carbonyl (C=O) groups is 1. The maximum Gasteiger partial charge on any atom is 0.256 e. The van der Waals surface area contributed by atoms with Crippen LogP contribution in [-0.2, 0) is 10.0 Å². The molecule has 1 heterocycles. The molecule has 25 heavy (non-hydrogen) atoms. The van der Waals surface area contributed by atoms with Crippen LogP contribution in [-0.4, -0.2) is 31.7 Å². The van der Waals surface area contributed by atoms with Gasteiger partial charge in [-0.05, 0) is 65.2 Å². The van der Waals surface area contributed by atoms with Gasteiger partial charge in [-0.15, -0.1) is 0 Å². The van der Waals surface area contributed by atoms with E-state index in [2.05, 4.69) is 37.2 Å². The normalized spacial score (nSPS) is 15.3. The molecule has 0 radical (unpaired) electrons. The second kappa shape index (κ2) is 7.57. The highest BCUT2D eigenvalue weighted by atomic mass is 79.9. The van der Waals surface area contributed by atoms with Crippen molar-refractivity contribution in [2.24, 2.45) is 0 Å². The molecule has 1 saturated heterocycles. The molecule has 1 aliphatic rings. The third kappa shape index (κ3) is 4.13. The Morgan fingerprint density at radius 2 is 1.76 bits per heavy atom. The summed E-state index contributed by atoms with van der Waals surface area (Å²) in [5.74, 6) is -0.372. The highest BCUT2D eigenvalue weighted by Gasteiger charge is 2.28. The van der Waals surface area contributed by atoms with Crippen molar-refractivity contribution in [3.63, 3.8) is 0 Å². The summed E-state index contributed by atoms with van der Waals surface area (Å²) in [5, 5.41) is 2.78. The SMILES string of the molecule is O=C(Nc1cccc(Br)c1)c1cc(S(=O)(=O)N2CCCC2)ccc1Br. The van der Waals surface area contributed by atoms with Crippen molar-refractivity contribution in [2.45, 2.75) is 17.7 Å². The Balaban J connectivity index is 1.90. The number of benzene rings is 2. The molecule has 0 unspecified atom stereocenters. The van der Waals surface area contributed by atoms with Crippen molar-refractivity contribution in [1.82, 2.24) is 4.31 Å². The lowest BCUT2D eigenvalue weighted by molar-refractivity contribution is 0.102. The zero-order valence-electron chi connectivity index (χ0n) is 13.2. The van der Waals surface area contributed by atoms with Crippen molar-refractivity contribution in [3.8, 4) is 0 Å². The number of hydrogen-bond acceptors (Lipinski definition) is 3. The standard InChI is InChI=1S/C17H16Br2N2O3S/c18-12-4-3-5-13(10-12)20-17(22)15-11-14(6-7-16(15)19)25(23,24)21-8-1-2-9-21/h3-7,10-11H,1-2,8-9H2,(H,20,22). The lowest BCUT2D eigenvalue weighted by Crippen LogP contribution is -2.28. The molecule has 3 rings (SSSR count). The summed E-state index contributed by atoms with van der Waals surface area (Å²) >= 11 is 6.68. The van der Waals surface area contributed by atoms with Crippen LogP contribution in [0.4, 0.5) is 5.69 Å². The second-order valence-electron chi connectivity index (χ2n) is 5.72. The molecule has 0 spiro atoms. The van der Waals surface area contributed by atoms with E-state index in [4.69, 9.17) is 0 Å². The van der Waals surface area contributed by atoms with Crippen LogP contribution in [0.2, 0.25) is 0 Å². The number of amides is 1. The first kappa shape index (κ1) is 18.6. The topological polar surface area (TPSA) is 66.5 Å². The van der Waals surface area contributed by atoms with E-state index in [1.807, 2.05) is 12.1 Å². The van der Waals surface area contributed by atoms with E-state index in [1.165, 1.54) is 16.4 Å². The summed E-state index contributed by atoms with van der Waals surface area (Å²) in [6, 6.07) is 11.7. The molecule has 1 aliphatic heterocycles. The van der Waals surface area contributed by atoms with Gasteiger partial charge in [0.1, 0.15) is 0 Å². The Kier molecular flexibility index (Phi) is 5.62. The fourth-order valence-electron chi connectivity index (χ4n) is 2.68. The van der Waals surface area contributed by atoms with E-state index in [0.29, 0.717) is 23.2 Å². The summed E-state index contributed by atoms with van der Waals surface area (Å²) in [5.41, 5.74) is 0.902. The fraction of sp³-hybridized carbons (Fsp3) is 0.235. The van der Waals surface area contributed by atoms with Crippen molar-refractivity contribution >= 4 is 53.5 Å². The zero-order chi connectivity index (χ0) is 18.0. The van der Waals surface area contributed by atoms with Crippen LogP contribution in [0.25, 0.3) is 0 Å². The minimum absolute atomic E-state index is 0.136. The molecule has 132 valence electrons. The largest absolute Gasteiger partial charge is 0.322 e. The molecule has 0 saturated carbocycles. The summed E-state index contributed by atoms with van der Waals surface area (Å²) in [6.07, 6.45) is 1.73. The lowest BCUT2D eigenvalue weighted by Gasteiger charge is -2.16. The van der Waals surface area contributed by atoms with Crippen molar-refractivity contribution < 1.29 is 13.2 Å². The van der Waals surface area contributed by atoms with Gasteiger partial charge in [-0.3, -0.25) is 4.79 Å². The van der Waals surface area contributed by atoms with Gasteiger partial charge in [0.25, 0.3) is 5.91 Å². The molecule has 8 heteroatoms. The lowest BCUT2D eigenvalue weighted by atomic mass is 10.2. The quantitative estimate of drug-likeness (QED) is 0.701. The van der Waals surface area contributed by atoms with Crippen LogP contribution in [0.5, 0.6) is 0 Å². The number of nitrogens with one attached hydrogen (secondary N) is 1.